The maximum atomic E-state index is 12.3. The zero-order valence-electron chi connectivity index (χ0n) is 12.9. The van der Waals surface area contributed by atoms with Crippen LogP contribution in [0.1, 0.15) is 40.0 Å². The molecule has 0 spiro atoms. The predicted octanol–water partition coefficient (Wildman–Crippen LogP) is 3.36. The molecule has 1 atom stereocenters. The number of likely N-dealkylation sites (tertiary alicyclic amines) is 1. The standard InChI is InChI=1S/C15H23N3O2S/c1-15(2,3)20-14(19)18-10-5-4-7-12(18)11-21-13-16-8-6-9-17-13/h6,8-9,12H,4-5,7,10-11H2,1-3H3. The first-order chi connectivity index (χ1) is 9.96. The van der Waals surface area contributed by atoms with E-state index in [9.17, 15) is 4.79 Å². The third-order valence-corrected chi connectivity index (χ3v) is 4.22. The number of carbonyl (C=O) groups excluding carboxylic acids is 1. The van der Waals surface area contributed by atoms with Crippen molar-refractivity contribution < 1.29 is 9.53 Å². The van der Waals surface area contributed by atoms with Gasteiger partial charge in [-0.3, -0.25) is 0 Å². The number of thioether (sulfide) groups is 1. The normalized spacial score (nSPS) is 19.4. The van der Waals surface area contributed by atoms with Crippen molar-refractivity contribution in [3.63, 3.8) is 0 Å². The summed E-state index contributed by atoms with van der Waals surface area (Å²) in [6.07, 6.45) is 6.48. The first-order valence-corrected chi connectivity index (χ1v) is 8.34. The summed E-state index contributed by atoms with van der Waals surface area (Å²) in [6.45, 7) is 6.47. The summed E-state index contributed by atoms with van der Waals surface area (Å²) < 4.78 is 5.51. The Bertz CT molecular complexity index is 462. The molecule has 1 aliphatic rings. The van der Waals surface area contributed by atoms with E-state index in [2.05, 4.69) is 9.97 Å². The van der Waals surface area contributed by atoms with Gasteiger partial charge in [0.25, 0.3) is 0 Å². The molecule has 5 nitrogen and oxygen atoms in total. The maximum absolute atomic E-state index is 12.3. The van der Waals surface area contributed by atoms with Crippen molar-refractivity contribution in [2.75, 3.05) is 12.3 Å². The number of piperidine rings is 1. The van der Waals surface area contributed by atoms with Crippen LogP contribution < -0.4 is 0 Å². The summed E-state index contributed by atoms with van der Waals surface area (Å²) in [5.74, 6) is 0.809. The van der Waals surface area contributed by atoms with Crippen LogP contribution >= 0.6 is 11.8 Å². The quantitative estimate of drug-likeness (QED) is 0.633. The van der Waals surface area contributed by atoms with E-state index >= 15 is 0 Å². The maximum Gasteiger partial charge on any atom is 0.410 e. The molecule has 0 saturated carbocycles. The highest BCUT2D eigenvalue weighted by molar-refractivity contribution is 7.99. The topological polar surface area (TPSA) is 55.3 Å². The van der Waals surface area contributed by atoms with Crippen molar-refractivity contribution in [2.24, 2.45) is 0 Å². The predicted molar refractivity (Wildman–Crippen MR) is 83.3 cm³/mol. The molecule has 2 rings (SSSR count). The van der Waals surface area contributed by atoms with Crippen molar-refractivity contribution in [3.05, 3.63) is 18.5 Å². The Balaban J connectivity index is 1.94. The Labute approximate surface area is 130 Å². The largest absolute Gasteiger partial charge is 0.444 e. The van der Waals surface area contributed by atoms with Gasteiger partial charge < -0.3 is 9.64 Å². The van der Waals surface area contributed by atoms with Crippen LogP contribution in [-0.2, 0) is 4.74 Å². The van der Waals surface area contributed by atoms with Gasteiger partial charge in [-0.1, -0.05) is 11.8 Å². The minimum Gasteiger partial charge on any atom is -0.444 e. The summed E-state index contributed by atoms with van der Waals surface area (Å²) in [5, 5.41) is 0.757. The van der Waals surface area contributed by atoms with Crippen LogP contribution in [0.15, 0.2) is 23.6 Å². The molecule has 1 aromatic heterocycles. The van der Waals surface area contributed by atoms with E-state index in [-0.39, 0.29) is 12.1 Å². The molecule has 21 heavy (non-hydrogen) atoms. The van der Waals surface area contributed by atoms with Crippen LogP contribution in [0, 0.1) is 0 Å². The second-order valence-corrected chi connectivity index (χ2v) is 7.15. The van der Waals surface area contributed by atoms with E-state index in [1.54, 1.807) is 30.2 Å². The zero-order valence-corrected chi connectivity index (χ0v) is 13.7. The van der Waals surface area contributed by atoms with Gasteiger partial charge in [-0.15, -0.1) is 0 Å². The highest BCUT2D eigenvalue weighted by atomic mass is 32.2. The molecular weight excluding hydrogens is 286 g/mol. The van der Waals surface area contributed by atoms with Gasteiger partial charge in [-0.25, -0.2) is 14.8 Å². The molecule has 0 aromatic carbocycles. The van der Waals surface area contributed by atoms with Gasteiger partial charge in [-0.05, 0) is 46.1 Å². The number of hydrogen-bond acceptors (Lipinski definition) is 5. The fourth-order valence-corrected chi connectivity index (χ4v) is 3.22. The number of aromatic nitrogens is 2. The highest BCUT2D eigenvalue weighted by Crippen LogP contribution is 2.25. The minimum absolute atomic E-state index is 0.197. The molecule has 1 fully saturated rings. The van der Waals surface area contributed by atoms with Gasteiger partial charge in [0.1, 0.15) is 5.60 Å². The molecule has 1 amide bonds. The fraction of sp³-hybridized carbons (Fsp3) is 0.667. The summed E-state index contributed by atoms with van der Waals surface area (Å²) >= 11 is 1.59. The smallest absolute Gasteiger partial charge is 0.410 e. The number of nitrogens with zero attached hydrogens (tertiary/aromatic N) is 3. The van der Waals surface area contributed by atoms with Crippen LogP contribution in [0.4, 0.5) is 4.79 Å². The van der Waals surface area contributed by atoms with E-state index in [4.69, 9.17) is 4.74 Å². The van der Waals surface area contributed by atoms with Gasteiger partial charge in [-0.2, -0.15) is 0 Å². The van der Waals surface area contributed by atoms with Crippen molar-refractivity contribution in [3.8, 4) is 0 Å². The fourth-order valence-electron chi connectivity index (χ4n) is 2.27. The van der Waals surface area contributed by atoms with Gasteiger partial charge in [0.15, 0.2) is 5.16 Å². The Morgan fingerprint density at radius 3 is 2.76 bits per heavy atom. The van der Waals surface area contributed by atoms with E-state index in [0.29, 0.717) is 0 Å². The number of carbonyl (C=O) groups is 1. The number of hydrogen-bond donors (Lipinski definition) is 0. The summed E-state index contributed by atoms with van der Waals surface area (Å²) in [7, 11) is 0. The summed E-state index contributed by atoms with van der Waals surface area (Å²) in [5.41, 5.74) is -0.450. The van der Waals surface area contributed by atoms with E-state index in [0.717, 1.165) is 36.7 Å². The van der Waals surface area contributed by atoms with E-state index in [1.807, 2.05) is 25.7 Å². The SMILES string of the molecule is CC(C)(C)OC(=O)N1CCCCC1CSc1ncccn1. The number of amides is 1. The van der Waals surface area contributed by atoms with E-state index in [1.165, 1.54) is 0 Å². The summed E-state index contributed by atoms with van der Waals surface area (Å²) in [4.78, 5) is 22.6. The van der Waals surface area contributed by atoms with Crippen LogP contribution in [0.25, 0.3) is 0 Å². The number of ether oxygens (including phenoxy) is 1. The third-order valence-electron chi connectivity index (χ3n) is 3.20. The second-order valence-electron chi connectivity index (χ2n) is 6.17. The minimum atomic E-state index is -0.450. The van der Waals surface area contributed by atoms with Gasteiger partial charge in [0.05, 0.1) is 0 Å². The molecule has 0 N–H and O–H groups in total. The average Bonchev–Trinajstić information content (AvgIpc) is 2.45. The first kappa shape index (κ1) is 16.1. The molecule has 116 valence electrons. The molecule has 0 aliphatic carbocycles. The average molecular weight is 309 g/mol. The molecule has 1 aromatic rings. The highest BCUT2D eigenvalue weighted by Gasteiger charge is 2.30. The molecule has 6 heteroatoms. The Morgan fingerprint density at radius 2 is 2.10 bits per heavy atom. The van der Waals surface area contributed by atoms with Crippen LogP contribution in [0.5, 0.6) is 0 Å². The Morgan fingerprint density at radius 1 is 1.38 bits per heavy atom. The number of rotatable bonds is 3. The van der Waals surface area contributed by atoms with Crippen molar-refractivity contribution >= 4 is 17.9 Å². The van der Waals surface area contributed by atoms with Crippen molar-refractivity contribution in [2.45, 2.75) is 56.8 Å². The van der Waals surface area contributed by atoms with Gasteiger partial charge >= 0.3 is 6.09 Å². The van der Waals surface area contributed by atoms with Crippen LogP contribution in [-0.4, -0.2) is 44.9 Å². The second kappa shape index (κ2) is 7.11. The molecule has 1 unspecified atom stereocenters. The van der Waals surface area contributed by atoms with Crippen molar-refractivity contribution in [1.82, 2.24) is 14.9 Å². The van der Waals surface area contributed by atoms with Crippen LogP contribution in [0.2, 0.25) is 0 Å². The lowest BCUT2D eigenvalue weighted by atomic mass is 10.0. The molecule has 2 heterocycles. The Hall–Kier alpha value is -1.30. The molecule has 1 saturated heterocycles. The molecular formula is C15H23N3O2S. The third kappa shape index (κ3) is 5.19. The van der Waals surface area contributed by atoms with Crippen molar-refractivity contribution in [1.29, 1.82) is 0 Å². The molecule has 1 aliphatic heterocycles. The zero-order chi connectivity index (χ0) is 15.3. The monoisotopic (exact) mass is 309 g/mol. The molecule has 0 radical (unpaired) electrons. The molecule has 0 bridgehead atoms. The Kier molecular flexibility index (Phi) is 5.45. The summed E-state index contributed by atoms with van der Waals surface area (Å²) in [6, 6.07) is 2.00. The lowest BCUT2D eigenvalue weighted by Crippen LogP contribution is -2.47. The lowest BCUT2D eigenvalue weighted by Gasteiger charge is -2.36. The van der Waals surface area contributed by atoms with Crippen LogP contribution in [0.3, 0.4) is 0 Å². The van der Waals surface area contributed by atoms with Gasteiger partial charge in [0.2, 0.25) is 0 Å². The van der Waals surface area contributed by atoms with E-state index < -0.39 is 5.60 Å². The van der Waals surface area contributed by atoms with Gasteiger partial charge in [0, 0.05) is 30.7 Å². The first-order valence-electron chi connectivity index (χ1n) is 7.35. The lowest BCUT2D eigenvalue weighted by molar-refractivity contribution is 0.0125.